The fourth-order valence-electron chi connectivity index (χ4n) is 22.6. The second-order valence-corrected chi connectivity index (χ2v) is 39.5. The van der Waals surface area contributed by atoms with E-state index in [0.717, 1.165) is 77.0 Å². The number of aromatic hydroxyl groups is 4. The van der Waals surface area contributed by atoms with Crippen molar-refractivity contribution in [1.29, 1.82) is 0 Å². The summed E-state index contributed by atoms with van der Waals surface area (Å²) in [5.41, 5.74) is 20.0. The van der Waals surface area contributed by atoms with Gasteiger partial charge in [-0.3, -0.25) is 66.9 Å². The molecule has 41 heteroatoms. The molecule has 11 amide bonds. The number of fused-ring (bicyclic) bond motifs is 8. The number of Topliss-reactive ketones (excluding diaryl/α,β-unsaturated/α-hetero) is 1. The highest BCUT2D eigenvalue weighted by Crippen LogP contribution is 2.48. The Bertz CT molecular complexity index is 6660. The van der Waals surface area contributed by atoms with Crippen LogP contribution < -0.4 is 38.5 Å². The molecule has 4 saturated carbocycles. The first-order valence-corrected chi connectivity index (χ1v) is 48.9. The van der Waals surface area contributed by atoms with Gasteiger partial charge < -0.3 is 87.6 Å². The van der Waals surface area contributed by atoms with Crippen molar-refractivity contribution in [3.05, 3.63) is 246 Å². The Morgan fingerprint density at radius 1 is 0.375 bits per heavy atom. The summed E-state index contributed by atoms with van der Waals surface area (Å²) in [4.78, 5) is 161. The average Bonchev–Trinajstić information content (AvgIpc) is 1.62. The molecule has 4 aliphatic heterocycles. The third-order valence-electron chi connectivity index (χ3n) is 29.3. The number of benzene rings is 8. The van der Waals surface area contributed by atoms with Crippen LogP contribution in [0.1, 0.15) is 154 Å². The fourth-order valence-corrected chi connectivity index (χ4v) is 23.4. The maximum absolute atomic E-state index is 14.3. The summed E-state index contributed by atoms with van der Waals surface area (Å²) in [6.07, 6.45) is 14.6. The van der Waals surface area contributed by atoms with Crippen LogP contribution >= 0.6 is 46.4 Å². The first kappa shape index (κ1) is 101. The minimum absolute atomic E-state index is 0.00388. The molecule has 33 nitrogen and oxygen atoms in total. The highest BCUT2D eigenvalue weighted by atomic mass is 35.5. The molecule has 0 bridgehead atoms. The van der Waals surface area contributed by atoms with Gasteiger partial charge in [0.25, 0.3) is 17.7 Å². The Balaban J connectivity index is 0.000000132. The van der Waals surface area contributed by atoms with E-state index in [1.165, 1.54) is 107 Å². The predicted molar refractivity (Wildman–Crippen MR) is 524 cm³/mol. The highest BCUT2D eigenvalue weighted by molar-refractivity contribution is 6.32. The molecule has 752 valence electrons. The number of nitrogens with zero attached hydrogens (tertiary/aromatic N) is 10. The number of ketones is 1. The van der Waals surface area contributed by atoms with Gasteiger partial charge in [-0.1, -0.05) is 121 Å². The molecule has 20 rings (SSSR count). The Labute approximate surface area is 841 Å². The Kier molecular flexibility index (Phi) is 30.0. The van der Waals surface area contributed by atoms with Crippen LogP contribution in [0.5, 0.6) is 23.0 Å². The Morgan fingerprint density at radius 2 is 0.694 bits per heavy atom. The number of carbonyl (C=O) groups excluding carboxylic acids is 12. The van der Waals surface area contributed by atoms with Gasteiger partial charge in [-0.2, -0.15) is 10.2 Å². The van der Waals surface area contributed by atoms with E-state index in [4.69, 9.17) is 63.6 Å². The summed E-state index contributed by atoms with van der Waals surface area (Å²) < 4.78 is 63.1. The van der Waals surface area contributed by atoms with Gasteiger partial charge >= 0.3 is 0 Å². The van der Waals surface area contributed by atoms with Crippen molar-refractivity contribution >= 4 is 161 Å². The first-order chi connectivity index (χ1) is 69.0. The average molecular weight is 2050 g/mol. The third kappa shape index (κ3) is 20.8. The second kappa shape index (κ2) is 42.7. The van der Waals surface area contributed by atoms with Gasteiger partial charge in [0.1, 0.15) is 96.6 Å². The van der Waals surface area contributed by atoms with E-state index in [1.807, 2.05) is 0 Å². The zero-order valence-electron chi connectivity index (χ0n) is 77.8. The molecule has 4 aliphatic carbocycles. The van der Waals surface area contributed by atoms with Crippen molar-refractivity contribution < 1.29 is 95.5 Å². The van der Waals surface area contributed by atoms with Crippen LogP contribution in [0, 0.1) is 64.7 Å². The zero-order valence-corrected chi connectivity index (χ0v) is 80.8. The van der Waals surface area contributed by atoms with Crippen LogP contribution in [0.25, 0.3) is 43.6 Å². The number of rotatable bonds is 24. The Morgan fingerprint density at radius 3 is 1.06 bits per heavy atom. The molecule has 4 saturated heterocycles. The van der Waals surface area contributed by atoms with Crippen molar-refractivity contribution in [2.45, 2.75) is 173 Å². The van der Waals surface area contributed by atoms with Gasteiger partial charge in [0, 0.05) is 138 Å². The number of carbonyl (C=O) groups is 12. The number of likely N-dealkylation sites (tertiary alicyclic amines) is 4. The summed E-state index contributed by atoms with van der Waals surface area (Å²) in [6.45, 7) is 2.00. The molecule has 0 unspecified atom stereocenters. The fraction of sp³-hybridized carbons (Fsp3) is 0.359. The van der Waals surface area contributed by atoms with Gasteiger partial charge in [0.15, 0.2) is 17.2 Å². The van der Waals surface area contributed by atoms with Crippen LogP contribution in [0.15, 0.2) is 158 Å². The van der Waals surface area contributed by atoms with Gasteiger partial charge in [0.2, 0.25) is 47.3 Å². The van der Waals surface area contributed by atoms with Crippen molar-refractivity contribution in [3.63, 3.8) is 0 Å². The maximum Gasteiger partial charge on any atom is 0.269 e. The smallest absolute Gasteiger partial charge is 0.269 e. The number of primary amides is 3. The summed E-state index contributed by atoms with van der Waals surface area (Å²) in [5.74, 6) is -6.26. The van der Waals surface area contributed by atoms with E-state index in [-0.39, 0.29) is 235 Å². The molecule has 8 aromatic carbocycles. The summed E-state index contributed by atoms with van der Waals surface area (Å²) in [5, 5.41) is 61.3. The lowest BCUT2D eigenvalue weighted by Crippen LogP contribution is -2.49. The van der Waals surface area contributed by atoms with Crippen molar-refractivity contribution in [3.8, 4) is 23.0 Å². The van der Waals surface area contributed by atoms with Gasteiger partial charge in [-0.25, -0.2) is 17.6 Å². The van der Waals surface area contributed by atoms with Gasteiger partial charge in [0.05, 0.1) is 47.7 Å². The molecular formula is C103H103Cl4F4N17O16. The number of nitrogens with two attached hydrogens (primary N) is 3. The van der Waals surface area contributed by atoms with E-state index >= 15 is 0 Å². The second-order valence-electron chi connectivity index (χ2n) is 37.9. The number of phenolic OH excluding ortho intramolecular Hbond substituents is 4. The van der Waals surface area contributed by atoms with Crippen LogP contribution in [0.3, 0.4) is 0 Å². The zero-order chi connectivity index (χ0) is 102. The minimum atomic E-state index is -0.752. The number of phenols is 4. The predicted octanol–water partition coefficient (Wildman–Crippen LogP) is 12.8. The van der Waals surface area contributed by atoms with E-state index in [1.54, 1.807) is 95.6 Å². The summed E-state index contributed by atoms with van der Waals surface area (Å²) in [7, 11) is 0. The molecule has 8 heterocycles. The van der Waals surface area contributed by atoms with Crippen molar-refractivity contribution in [1.82, 2.24) is 69.6 Å². The lowest BCUT2D eigenvalue weighted by Gasteiger charge is -2.29. The molecule has 12 aromatic rings. The minimum Gasteiger partial charge on any atom is -0.508 e. The van der Waals surface area contributed by atoms with E-state index < -0.39 is 65.2 Å². The largest absolute Gasteiger partial charge is 0.508 e. The van der Waals surface area contributed by atoms with Crippen molar-refractivity contribution in [2.24, 2.45) is 58.6 Å². The topological polar surface area (TPSA) is 470 Å². The molecule has 14 N–H and O–H groups in total. The van der Waals surface area contributed by atoms with E-state index in [0.29, 0.717) is 75.2 Å². The van der Waals surface area contributed by atoms with E-state index in [2.05, 4.69) is 31.5 Å². The summed E-state index contributed by atoms with van der Waals surface area (Å²) >= 11 is 23.4. The van der Waals surface area contributed by atoms with Crippen LogP contribution in [0.4, 0.5) is 17.6 Å². The lowest BCUT2D eigenvalue weighted by atomic mass is 9.93. The normalized spacial score (nSPS) is 21.1. The molecular weight excluding hydrogens is 1950 g/mol. The SMILES string of the molecule is CC(=O)c1cn(CC(=O)N2C[C@@H]3CCC[C@@H]3[C@H]2C(=O)NCc2cccc(Cl)c2F)c2cc(O)ccc12.NC(=O)c1cn(CC(=O)N2C[C@@H]3CCC[C@@H]3[C@H]2C(=O)NCc2cccc(Cl)c2F)c2cc(O)ccc12.NC(=O)c1nn(CC(=O)N2C[C@@H]3CCC[C@@H]3[C@H]2C(=O)NCc2cccc(Cl)c2F)c2cc(O)ccc12.NC(=O)c1nn(CC(=O)N2[C@@H]3CCC[C@@H]3C[C@H]2C(=O)NCc2cccc(Cl)c2F)c2cc(O)ccc12. The number of hydrogen-bond donors (Lipinski definition) is 11. The highest BCUT2D eigenvalue weighted by Gasteiger charge is 2.54. The number of nitrogens with one attached hydrogen (secondary N) is 4. The van der Waals surface area contributed by atoms with Crippen LogP contribution in [-0.2, 0) is 90.7 Å². The lowest BCUT2D eigenvalue weighted by molar-refractivity contribution is -0.141. The number of halogens is 8. The quantitative estimate of drug-likeness (QED) is 0.0198. The number of amides is 11. The molecule has 0 spiro atoms. The standard InChI is InChI=1S/C27H27ClFN3O4.C26H26ClFN4O4.2C25H25ClFN5O4/c1-15(33)21-13-31(23-10-18(34)8-9-20(21)23)14-24(35)32-12-17-5-2-6-19(17)26(32)27(36)30-11-16-4-3-7-22(28)25(16)29;27-20-6-2-3-14(23(20)28)10-30-26(36)24-17-5-1-4-15(17)11-32(24)22(34)13-31-12-19(25(29)35)18-8-7-16(33)9-21(18)31;26-18-6-2-3-13(21(18)27)10-29-25(36)23-16-5-1-4-14(16)11-31(23)20(34)12-32-19-9-15(33)7-8-17(19)22(30-32)24(28)35;26-17-5-1-4-14(22(17)27)11-29-25(36)20-9-13-3-2-6-18(13)32(20)21(34)12-31-19-10-15(33)7-8-16(19)23(30-31)24(28)35/h3-4,7-10,13,17,19,26,34H,2,5-6,11-12,14H2,1H3,(H,30,36);2-3,6-9,12,15,17,24,33H,1,4-5,10-11,13H2,(H2,29,35)(H,30,36);2-3,6-9,14,16,23,33H,1,4-5,10-12H2,(H2,28,35)(H,29,36);1,4-5,7-8,10,13,18,20,33H,2-3,6,9,11-12H2,(H2,28,35)(H,29,36)/t17-,19-,26-;15-,17-,24-;14-,16-,23-;13-,18-,20+/m0001/s1. The number of hydrogen-bond acceptors (Lipinski definition) is 18. The van der Waals surface area contributed by atoms with Crippen LogP contribution in [-0.4, -0.2) is 189 Å². The van der Waals surface area contributed by atoms with Crippen LogP contribution in [0.2, 0.25) is 20.1 Å². The van der Waals surface area contributed by atoms with Gasteiger partial charge in [-0.15, -0.1) is 0 Å². The molecule has 0 radical (unpaired) electrons. The first-order valence-electron chi connectivity index (χ1n) is 47.4. The molecule has 8 fully saturated rings. The summed E-state index contributed by atoms with van der Waals surface area (Å²) in [6, 6.07) is 33.5. The third-order valence-corrected chi connectivity index (χ3v) is 30.5. The molecule has 12 atom stereocenters. The van der Waals surface area contributed by atoms with Gasteiger partial charge in [-0.05, 0) is 179 Å². The monoisotopic (exact) mass is 2050 g/mol. The van der Waals surface area contributed by atoms with E-state index in [9.17, 15) is 95.5 Å². The number of aromatic nitrogens is 6. The molecule has 144 heavy (non-hydrogen) atoms. The van der Waals surface area contributed by atoms with Crippen molar-refractivity contribution in [2.75, 3.05) is 19.6 Å². The maximum atomic E-state index is 14.3. The Hall–Kier alpha value is -14.3. The molecule has 8 aliphatic rings. The molecule has 4 aromatic heterocycles.